The molecule has 1 N–H and O–H groups in total. The molecule has 0 aliphatic heterocycles. The van der Waals surface area contributed by atoms with Crippen LogP contribution in [0.1, 0.15) is 25.0 Å². The number of nitrogens with one attached hydrogen (secondary N) is 1. The van der Waals surface area contributed by atoms with Gasteiger partial charge in [0.2, 0.25) is 5.91 Å². The van der Waals surface area contributed by atoms with Crippen LogP contribution in [0.25, 0.3) is 0 Å². The minimum atomic E-state index is -0.0969. The molecule has 17 heavy (non-hydrogen) atoms. The van der Waals surface area contributed by atoms with Gasteiger partial charge < -0.3 is 4.74 Å². The van der Waals surface area contributed by atoms with E-state index in [2.05, 4.69) is 10.5 Å². The second kappa shape index (κ2) is 6.03. The van der Waals surface area contributed by atoms with Crippen LogP contribution in [0.15, 0.2) is 23.3 Å². The van der Waals surface area contributed by atoms with Crippen LogP contribution in [0.3, 0.4) is 0 Å². The molecule has 0 heterocycles. The van der Waals surface area contributed by atoms with Gasteiger partial charge in [0.05, 0.1) is 13.3 Å². The highest BCUT2D eigenvalue weighted by molar-refractivity contribution is 5.83. The molecular weight excluding hydrogens is 216 g/mol. The number of carbonyl (C=O) groups excluding carboxylic acids is 1. The number of rotatable bonds is 4. The first-order valence-electron chi connectivity index (χ1n) is 5.52. The molecule has 0 unspecified atom stereocenters. The summed E-state index contributed by atoms with van der Waals surface area (Å²) >= 11 is 0. The zero-order valence-electron chi connectivity index (χ0n) is 10.7. The monoisotopic (exact) mass is 234 g/mol. The highest BCUT2D eigenvalue weighted by Crippen LogP contribution is 2.17. The number of nitrogens with zero attached hydrogens (tertiary/aromatic N) is 1. The van der Waals surface area contributed by atoms with Gasteiger partial charge >= 0.3 is 0 Å². The Labute approximate surface area is 102 Å². The van der Waals surface area contributed by atoms with Gasteiger partial charge in [-0.25, -0.2) is 5.43 Å². The average molecular weight is 234 g/mol. The Hall–Kier alpha value is -1.84. The number of benzene rings is 1. The van der Waals surface area contributed by atoms with Crippen molar-refractivity contribution in [1.82, 2.24) is 5.43 Å². The second-order valence-corrected chi connectivity index (χ2v) is 4.12. The molecule has 0 atom stereocenters. The van der Waals surface area contributed by atoms with Crippen LogP contribution in [0, 0.1) is 12.8 Å². The summed E-state index contributed by atoms with van der Waals surface area (Å²) in [5, 5.41) is 3.89. The lowest BCUT2D eigenvalue weighted by Gasteiger charge is -2.05. The molecule has 1 rings (SSSR count). The van der Waals surface area contributed by atoms with Crippen molar-refractivity contribution in [3.05, 3.63) is 29.3 Å². The van der Waals surface area contributed by atoms with Gasteiger partial charge in [-0.15, -0.1) is 0 Å². The van der Waals surface area contributed by atoms with E-state index in [9.17, 15) is 4.79 Å². The number of hydrogen-bond acceptors (Lipinski definition) is 3. The molecule has 0 aliphatic rings. The normalized spacial score (nSPS) is 10.9. The van der Waals surface area contributed by atoms with Crippen molar-refractivity contribution in [1.29, 1.82) is 0 Å². The molecule has 1 aromatic rings. The number of hydrazone groups is 1. The van der Waals surface area contributed by atoms with Crippen molar-refractivity contribution in [3.63, 3.8) is 0 Å². The van der Waals surface area contributed by atoms with Crippen molar-refractivity contribution in [2.75, 3.05) is 7.11 Å². The molecule has 92 valence electrons. The highest BCUT2D eigenvalue weighted by Gasteiger charge is 2.04. The fourth-order valence-corrected chi connectivity index (χ4v) is 1.22. The Morgan fingerprint density at radius 3 is 2.76 bits per heavy atom. The third-order valence-electron chi connectivity index (χ3n) is 2.34. The lowest BCUT2D eigenvalue weighted by molar-refractivity contribution is -0.123. The number of hydrogen-bond donors (Lipinski definition) is 1. The summed E-state index contributed by atoms with van der Waals surface area (Å²) in [4.78, 5) is 11.3. The molecule has 0 spiro atoms. The highest BCUT2D eigenvalue weighted by atomic mass is 16.5. The van der Waals surface area contributed by atoms with Crippen molar-refractivity contribution >= 4 is 12.1 Å². The van der Waals surface area contributed by atoms with E-state index in [0.717, 1.165) is 16.9 Å². The summed E-state index contributed by atoms with van der Waals surface area (Å²) in [5.41, 5.74) is 4.42. The minimum absolute atomic E-state index is 0.0697. The molecule has 0 aliphatic carbocycles. The Bertz CT molecular complexity index is 425. The van der Waals surface area contributed by atoms with Gasteiger partial charge in [0.25, 0.3) is 0 Å². The molecule has 0 fully saturated rings. The van der Waals surface area contributed by atoms with Crippen LogP contribution < -0.4 is 10.2 Å². The summed E-state index contributed by atoms with van der Waals surface area (Å²) in [6.07, 6.45) is 1.60. The smallest absolute Gasteiger partial charge is 0.242 e. The maximum absolute atomic E-state index is 11.3. The molecule has 0 bridgehead atoms. The molecule has 0 aromatic heterocycles. The first kappa shape index (κ1) is 13.2. The molecule has 4 nitrogen and oxygen atoms in total. The van der Waals surface area contributed by atoms with Crippen LogP contribution in [0.4, 0.5) is 0 Å². The van der Waals surface area contributed by atoms with E-state index in [1.165, 1.54) is 0 Å². The standard InChI is InChI=1S/C13H18N2O2/c1-9(2)13(16)15-14-8-11-6-5-10(3)12(7-11)17-4/h5-9H,1-4H3,(H,15,16). The Morgan fingerprint density at radius 2 is 2.18 bits per heavy atom. The Kier molecular flexibility index (Phi) is 4.69. The third-order valence-corrected chi connectivity index (χ3v) is 2.34. The Morgan fingerprint density at radius 1 is 1.47 bits per heavy atom. The predicted molar refractivity (Wildman–Crippen MR) is 68.3 cm³/mol. The summed E-state index contributed by atoms with van der Waals surface area (Å²) in [5.74, 6) is 0.643. The first-order valence-corrected chi connectivity index (χ1v) is 5.52. The van der Waals surface area contributed by atoms with Crippen LogP contribution >= 0.6 is 0 Å². The van der Waals surface area contributed by atoms with Crippen molar-refractivity contribution in [3.8, 4) is 5.75 Å². The third kappa shape index (κ3) is 3.90. The predicted octanol–water partition coefficient (Wildman–Crippen LogP) is 2.11. The van der Waals surface area contributed by atoms with Crippen molar-refractivity contribution < 1.29 is 9.53 Å². The van der Waals surface area contributed by atoms with Gasteiger partial charge in [-0.3, -0.25) is 4.79 Å². The Balaban J connectivity index is 2.69. The number of methoxy groups -OCH3 is 1. The van der Waals surface area contributed by atoms with Gasteiger partial charge in [0, 0.05) is 5.92 Å². The quantitative estimate of drug-likeness (QED) is 0.640. The van der Waals surface area contributed by atoms with Crippen molar-refractivity contribution in [2.45, 2.75) is 20.8 Å². The summed E-state index contributed by atoms with van der Waals surface area (Å²) in [6.45, 7) is 5.61. The second-order valence-electron chi connectivity index (χ2n) is 4.12. The molecule has 1 aromatic carbocycles. The average Bonchev–Trinajstić information content (AvgIpc) is 2.31. The topological polar surface area (TPSA) is 50.7 Å². The molecular formula is C13H18N2O2. The van der Waals surface area contributed by atoms with Gasteiger partial charge in [0.1, 0.15) is 5.75 Å². The van der Waals surface area contributed by atoms with E-state index in [4.69, 9.17) is 4.74 Å². The molecule has 4 heteroatoms. The van der Waals surface area contributed by atoms with E-state index in [-0.39, 0.29) is 11.8 Å². The van der Waals surface area contributed by atoms with Crippen LogP contribution in [0.2, 0.25) is 0 Å². The maximum Gasteiger partial charge on any atom is 0.242 e. The van der Waals surface area contributed by atoms with E-state index >= 15 is 0 Å². The van der Waals surface area contributed by atoms with Gasteiger partial charge in [-0.05, 0) is 24.1 Å². The van der Waals surface area contributed by atoms with Gasteiger partial charge in [-0.1, -0.05) is 26.0 Å². The number of ether oxygens (including phenoxy) is 1. The number of aryl methyl sites for hydroxylation is 1. The molecule has 0 radical (unpaired) electrons. The summed E-state index contributed by atoms with van der Waals surface area (Å²) in [6, 6.07) is 5.74. The van der Waals surface area contributed by atoms with E-state index in [1.807, 2.05) is 39.0 Å². The van der Waals surface area contributed by atoms with Crippen LogP contribution in [0.5, 0.6) is 5.75 Å². The lowest BCUT2D eigenvalue weighted by Crippen LogP contribution is -2.22. The molecule has 0 saturated heterocycles. The molecule has 0 saturated carbocycles. The van der Waals surface area contributed by atoms with Gasteiger partial charge in [0.15, 0.2) is 0 Å². The first-order chi connectivity index (χ1) is 8.04. The summed E-state index contributed by atoms with van der Waals surface area (Å²) < 4.78 is 5.20. The SMILES string of the molecule is COc1cc(C=NNC(=O)C(C)C)ccc1C. The van der Waals surface area contributed by atoms with Gasteiger partial charge in [-0.2, -0.15) is 5.10 Å². The lowest BCUT2D eigenvalue weighted by atomic mass is 10.1. The minimum Gasteiger partial charge on any atom is -0.496 e. The maximum atomic E-state index is 11.3. The van der Waals surface area contributed by atoms with E-state index in [1.54, 1.807) is 13.3 Å². The number of amides is 1. The summed E-state index contributed by atoms with van der Waals surface area (Å²) in [7, 11) is 1.63. The zero-order chi connectivity index (χ0) is 12.8. The fourth-order valence-electron chi connectivity index (χ4n) is 1.22. The molecule has 1 amide bonds. The van der Waals surface area contributed by atoms with Crippen molar-refractivity contribution in [2.24, 2.45) is 11.0 Å². The van der Waals surface area contributed by atoms with Crippen LogP contribution in [-0.4, -0.2) is 19.2 Å². The largest absolute Gasteiger partial charge is 0.496 e. The fraction of sp³-hybridized carbons (Fsp3) is 0.385. The van der Waals surface area contributed by atoms with E-state index < -0.39 is 0 Å². The number of carbonyl (C=O) groups is 1. The van der Waals surface area contributed by atoms with Crippen LogP contribution in [-0.2, 0) is 4.79 Å². The van der Waals surface area contributed by atoms with E-state index in [0.29, 0.717) is 0 Å². The zero-order valence-corrected chi connectivity index (χ0v) is 10.7.